The third-order valence-electron chi connectivity index (χ3n) is 8.41. The molecule has 1 aromatic heterocycles. The minimum absolute atomic E-state index is 0.000736. The van der Waals surface area contributed by atoms with E-state index in [0.29, 0.717) is 43.2 Å². The summed E-state index contributed by atoms with van der Waals surface area (Å²) in [6.45, 7) is 2.18. The van der Waals surface area contributed by atoms with Crippen molar-refractivity contribution >= 4 is 11.7 Å². The van der Waals surface area contributed by atoms with Crippen LogP contribution in [0.2, 0.25) is 0 Å². The number of anilines is 1. The number of hydrogen-bond donors (Lipinski definition) is 1. The minimum Gasteiger partial charge on any atom is -0.454 e. The maximum Gasteiger partial charge on any atom is 0.410 e. The van der Waals surface area contributed by atoms with Crippen molar-refractivity contribution in [1.29, 1.82) is 0 Å². The number of nitrogens with zero attached hydrogens (tertiary/aromatic N) is 4. The third kappa shape index (κ3) is 5.29. The number of nitrogens with one attached hydrogen (secondary N) is 1. The molecule has 4 aromatic rings. The predicted molar refractivity (Wildman–Crippen MR) is 153 cm³/mol. The standard InChI is InChI=1S/C32H30F3N5O3/c33-32(34,35)28-18-24(23-11-12-26-27(17-23)43-20-42-26)36-29-19-25(37-40(28)29)31(41)39-15-13-38(14-16-39)30(21-7-3-1-4-8-21)22-9-5-2-6-10-22/h1-12,17,19,24,28,30,36H,13-16,18,20H2. The number of halogens is 3. The highest BCUT2D eigenvalue weighted by Crippen LogP contribution is 2.45. The van der Waals surface area contributed by atoms with E-state index in [1.165, 1.54) is 6.07 Å². The van der Waals surface area contributed by atoms with Crippen LogP contribution in [0.3, 0.4) is 0 Å². The number of piperazine rings is 1. The third-order valence-corrected chi connectivity index (χ3v) is 8.41. The summed E-state index contributed by atoms with van der Waals surface area (Å²) in [6.07, 6.45) is -4.82. The molecule has 7 rings (SSSR count). The van der Waals surface area contributed by atoms with Crippen molar-refractivity contribution in [3.63, 3.8) is 0 Å². The summed E-state index contributed by atoms with van der Waals surface area (Å²) in [4.78, 5) is 17.6. The van der Waals surface area contributed by atoms with Crippen LogP contribution >= 0.6 is 0 Å². The first-order valence-corrected chi connectivity index (χ1v) is 14.3. The SMILES string of the molecule is O=C(c1cc2n(n1)C(C(F)(F)F)CC(c1ccc3c(c1)OCO3)N2)N1CCN(C(c2ccccc2)c2ccccc2)CC1. The predicted octanol–water partition coefficient (Wildman–Crippen LogP) is 5.82. The lowest BCUT2D eigenvalue weighted by Crippen LogP contribution is -2.50. The molecule has 1 saturated heterocycles. The molecule has 2 unspecified atom stereocenters. The summed E-state index contributed by atoms with van der Waals surface area (Å²) in [5.74, 6) is 0.842. The van der Waals surface area contributed by atoms with Gasteiger partial charge in [0.15, 0.2) is 23.2 Å². The summed E-state index contributed by atoms with van der Waals surface area (Å²) in [5.41, 5.74) is 2.97. The molecule has 11 heteroatoms. The Balaban J connectivity index is 1.09. The van der Waals surface area contributed by atoms with Gasteiger partial charge in [0.05, 0.1) is 12.1 Å². The number of carbonyl (C=O) groups is 1. The Morgan fingerprint density at radius 2 is 1.51 bits per heavy atom. The topological polar surface area (TPSA) is 71.9 Å². The maximum atomic E-state index is 14.3. The minimum atomic E-state index is -4.55. The summed E-state index contributed by atoms with van der Waals surface area (Å²) < 4.78 is 54.5. The molecule has 3 aliphatic rings. The van der Waals surface area contributed by atoms with E-state index in [9.17, 15) is 18.0 Å². The van der Waals surface area contributed by atoms with E-state index in [0.717, 1.165) is 15.8 Å². The highest BCUT2D eigenvalue weighted by molar-refractivity contribution is 5.93. The Bertz CT molecular complexity index is 1560. The van der Waals surface area contributed by atoms with Crippen LogP contribution in [0.5, 0.6) is 11.5 Å². The van der Waals surface area contributed by atoms with E-state index in [1.54, 1.807) is 23.1 Å². The van der Waals surface area contributed by atoms with Gasteiger partial charge in [-0.05, 0) is 28.8 Å². The second-order valence-electron chi connectivity index (χ2n) is 11.0. The van der Waals surface area contributed by atoms with Gasteiger partial charge >= 0.3 is 6.18 Å². The van der Waals surface area contributed by atoms with Crippen LogP contribution < -0.4 is 14.8 Å². The van der Waals surface area contributed by atoms with Crippen molar-refractivity contribution in [3.05, 3.63) is 107 Å². The highest BCUT2D eigenvalue weighted by Gasteiger charge is 2.47. The fourth-order valence-electron chi connectivity index (χ4n) is 6.26. The van der Waals surface area contributed by atoms with E-state index in [2.05, 4.69) is 39.6 Å². The van der Waals surface area contributed by atoms with Crippen LogP contribution in [-0.2, 0) is 0 Å². The van der Waals surface area contributed by atoms with Gasteiger partial charge in [-0.3, -0.25) is 9.69 Å². The van der Waals surface area contributed by atoms with Crippen LogP contribution in [0, 0.1) is 0 Å². The van der Waals surface area contributed by atoms with Gasteiger partial charge < -0.3 is 19.7 Å². The molecule has 8 nitrogen and oxygen atoms in total. The molecule has 3 aromatic carbocycles. The number of alkyl halides is 3. The lowest BCUT2D eigenvalue weighted by molar-refractivity contribution is -0.173. The zero-order chi connectivity index (χ0) is 29.6. The van der Waals surface area contributed by atoms with Crippen molar-refractivity contribution in [2.75, 3.05) is 38.3 Å². The molecular weight excluding hydrogens is 559 g/mol. The fraction of sp³-hybridized carbons (Fsp3) is 0.312. The van der Waals surface area contributed by atoms with Gasteiger partial charge in [0.2, 0.25) is 6.79 Å². The molecule has 4 heterocycles. The van der Waals surface area contributed by atoms with Crippen molar-refractivity contribution in [3.8, 4) is 11.5 Å². The van der Waals surface area contributed by atoms with Crippen LogP contribution in [0.25, 0.3) is 0 Å². The zero-order valence-electron chi connectivity index (χ0n) is 23.2. The molecule has 0 saturated carbocycles. The Morgan fingerprint density at radius 3 is 2.16 bits per heavy atom. The molecule has 43 heavy (non-hydrogen) atoms. The normalized spacial score (nSPS) is 20.1. The summed E-state index contributed by atoms with van der Waals surface area (Å²) in [5, 5.41) is 7.36. The number of ether oxygens (including phenoxy) is 2. The van der Waals surface area contributed by atoms with Crippen LogP contribution in [0.4, 0.5) is 19.0 Å². The van der Waals surface area contributed by atoms with Gasteiger partial charge in [-0.1, -0.05) is 66.7 Å². The van der Waals surface area contributed by atoms with E-state index in [4.69, 9.17) is 9.47 Å². The van der Waals surface area contributed by atoms with Crippen LogP contribution in [0.1, 0.15) is 51.7 Å². The van der Waals surface area contributed by atoms with Gasteiger partial charge in [0.25, 0.3) is 5.91 Å². The fourth-order valence-corrected chi connectivity index (χ4v) is 6.26. The van der Waals surface area contributed by atoms with E-state index in [1.807, 2.05) is 36.4 Å². The Labute approximate surface area is 246 Å². The molecule has 0 bridgehead atoms. The van der Waals surface area contributed by atoms with Crippen molar-refractivity contribution in [2.45, 2.75) is 30.7 Å². The first-order valence-electron chi connectivity index (χ1n) is 14.3. The Hall–Kier alpha value is -4.51. The molecule has 0 radical (unpaired) electrons. The van der Waals surface area contributed by atoms with E-state index in [-0.39, 0.29) is 36.7 Å². The number of rotatable bonds is 5. The van der Waals surface area contributed by atoms with E-state index < -0.39 is 18.3 Å². The van der Waals surface area contributed by atoms with Crippen molar-refractivity contribution in [1.82, 2.24) is 19.6 Å². The summed E-state index contributed by atoms with van der Waals surface area (Å²) in [6, 6.07) is 24.5. The highest BCUT2D eigenvalue weighted by atomic mass is 19.4. The first-order chi connectivity index (χ1) is 20.8. The lowest BCUT2D eigenvalue weighted by Gasteiger charge is -2.39. The largest absolute Gasteiger partial charge is 0.454 e. The first kappa shape index (κ1) is 27.3. The molecule has 222 valence electrons. The quantitative estimate of drug-likeness (QED) is 0.317. The average molecular weight is 590 g/mol. The number of fused-ring (bicyclic) bond motifs is 2. The number of amides is 1. The van der Waals surface area contributed by atoms with E-state index >= 15 is 0 Å². The maximum absolute atomic E-state index is 14.3. The second kappa shape index (κ2) is 11.0. The lowest BCUT2D eigenvalue weighted by atomic mass is 9.96. The molecule has 2 atom stereocenters. The number of benzene rings is 3. The average Bonchev–Trinajstić information content (AvgIpc) is 3.68. The monoisotopic (exact) mass is 589 g/mol. The molecule has 1 fully saturated rings. The smallest absolute Gasteiger partial charge is 0.410 e. The van der Waals surface area contributed by atoms with Crippen molar-refractivity contribution < 1.29 is 27.4 Å². The van der Waals surface area contributed by atoms with Crippen molar-refractivity contribution in [2.24, 2.45) is 0 Å². The number of carbonyl (C=O) groups excluding carboxylic acids is 1. The second-order valence-corrected chi connectivity index (χ2v) is 11.0. The van der Waals surface area contributed by atoms with Gasteiger partial charge in [-0.15, -0.1) is 0 Å². The summed E-state index contributed by atoms with van der Waals surface area (Å²) in [7, 11) is 0. The van der Waals surface area contributed by atoms with Gasteiger partial charge in [-0.25, -0.2) is 4.68 Å². The Kier molecular flexibility index (Phi) is 6.97. The van der Waals surface area contributed by atoms with Crippen LogP contribution in [-0.4, -0.2) is 64.6 Å². The molecule has 0 spiro atoms. The Morgan fingerprint density at radius 1 is 0.860 bits per heavy atom. The molecule has 0 aliphatic carbocycles. The molecule has 1 N–H and O–H groups in total. The molecule has 3 aliphatic heterocycles. The van der Waals surface area contributed by atoms with Gasteiger partial charge in [0.1, 0.15) is 5.82 Å². The van der Waals surface area contributed by atoms with Gasteiger partial charge in [0, 0.05) is 38.7 Å². The van der Waals surface area contributed by atoms with Crippen LogP contribution in [0.15, 0.2) is 84.9 Å². The summed E-state index contributed by atoms with van der Waals surface area (Å²) >= 11 is 0. The number of aromatic nitrogens is 2. The zero-order valence-corrected chi connectivity index (χ0v) is 23.2. The van der Waals surface area contributed by atoms with Gasteiger partial charge in [-0.2, -0.15) is 18.3 Å². The molecule has 1 amide bonds. The molecular formula is C32H30F3N5O3. The number of hydrogen-bond acceptors (Lipinski definition) is 6.